The van der Waals surface area contributed by atoms with Gasteiger partial charge in [-0.05, 0) is 11.6 Å². The van der Waals surface area contributed by atoms with Crippen LogP contribution >= 0.6 is 23.2 Å². The van der Waals surface area contributed by atoms with E-state index in [0.29, 0.717) is 5.88 Å². The van der Waals surface area contributed by atoms with Crippen LogP contribution in [0.3, 0.4) is 0 Å². The van der Waals surface area contributed by atoms with Crippen LogP contribution < -0.4 is 5.32 Å². The molecule has 4 heteroatoms. The zero-order chi connectivity index (χ0) is 8.32. The molecular formula is C7H9Cl2NO. The summed E-state index contributed by atoms with van der Waals surface area (Å²) in [5.74, 6) is 0.446. The predicted octanol–water partition coefficient (Wildman–Crippen LogP) is 1.20. The highest BCUT2D eigenvalue weighted by molar-refractivity contribution is 6.25. The number of aliphatic hydroxyl groups excluding tert-OH is 1. The minimum Gasteiger partial charge on any atom is -0.392 e. The zero-order valence-electron chi connectivity index (χ0n) is 5.85. The van der Waals surface area contributed by atoms with Gasteiger partial charge in [0, 0.05) is 12.1 Å². The topological polar surface area (TPSA) is 32.3 Å². The van der Waals surface area contributed by atoms with E-state index in [1.807, 2.05) is 0 Å². The number of halogens is 2. The first-order valence-corrected chi connectivity index (χ1v) is 4.13. The van der Waals surface area contributed by atoms with E-state index in [1.165, 1.54) is 0 Å². The average molecular weight is 194 g/mol. The molecule has 1 aliphatic heterocycles. The van der Waals surface area contributed by atoms with Crippen molar-refractivity contribution in [3.05, 3.63) is 23.9 Å². The van der Waals surface area contributed by atoms with Crippen molar-refractivity contribution in [1.82, 2.24) is 5.32 Å². The monoisotopic (exact) mass is 193 g/mol. The highest BCUT2D eigenvalue weighted by Gasteiger charge is 2.22. The Hall–Kier alpha value is -0.180. The molecule has 0 aliphatic carbocycles. The van der Waals surface area contributed by atoms with Crippen molar-refractivity contribution < 1.29 is 5.11 Å². The lowest BCUT2D eigenvalue weighted by atomic mass is 10.1. The lowest BCUT2D eigenvalue weighted by Crippen LogP contribution is -2.39. The van der Waals surface area contributed by atoms with Crippen molar-refractivity contribution >= 4 is 23.2 Å². The van der Waals surface area contributed by atoms with Crippen molar-refractivity contribution in [2.75, 3.05) is 12.5 Å². The van der Waals surface area contributed by atoms with Gasteiger partial charge in [0.2, 0.25) is 0 Å². The fourth-order valence-corrected chi connectivity index (χ4v) is 1.01. The summed E-state index contributed by atoms with van der Waals surface area (Å²) in [6, 6.07) is 0. The number of nitrogens with one attached hydrogen (secondary N) is 1. The maximum absolute atomic E-state index is 8.80. The molecule has 0 fully saturated rings. The molecule has 0 aromatic carbocycles. The fourth-order valence-electron chi connectivity index (χ4n) is 0.729. The Kier molecular flexibility index (Phi) is 2.82. The molecule has 0 bridgehead atoms. The fraction of sp³-hybridized carbons (Fsp3) is 0.429. The van der Waals surface area contributed by atoms with Crippen molar-refractivity contribution in [2.45, 2.75) is 5.00 Å². The Balaban J connectivity index is 2.63. The van der Waals surface area contributed by atoms with Crippen LogP contribution in [0.15, 0.2) is 23.9 Å². The molecule has 0 spiro atoms. The molecule has 1 rings (SSSR count). The number of dihydropyridines is 1. The lowest BCUT2D eigenvalue weighted by Gasteiger charge is -2.24. The van der Waals surface area contributed by atoms with Gasteiger partial charge in [-0.25, -0.2) is 0 Å². The lowest BCUT2D eigenvalue weighted by molar-refractivity contribution is 0.254. The maximum Gasteiger partial charge on any atom is 0.154 e. The van der Waals surface area contributed by atoms with Crippen molar-refractivity contribution in [1.29, 1.82) is 0 Å². The molecule has 1 unspecified atom stereocenters. The van der Waals surface area contributed by atoms with Gasteiger partial charge in [0.1, 0.15) is 0 Å². The van der Waals surface area contributed by atoms with Crippen LogP contribution in [-0.2, 0) is 0 Å². The van der Waals surface area contributed by atoms with E-state index in [2.05, 4.69) is 5.32 Å². The molecule has 1 aliphatic rings. The van der Waals surface area contributed by atoms with E-state index in [9.17, 15) is 0 Å². The van der Waals surface area contributed by atoms with Crippen LogP contribution in [0.1, 0.15) is 0 Å². The average Bonchev–Trinajstić information content (AvgIpc) is 2.06. The van der Waals surface area contributed by atoms with E-state index in [4.69, 9.17) is 28.3 Å². The smallest absolute Gasteiger partial charge is 0.154 e. The Bertz CT molecular complexity index is 203. The van der Waals surface area contributed by atoms with Crippen LogP contribution in [0.4, 0.5) is 0 Å². The number of hydrogen-bond acceptors (Lipinski definition) is 2. The molecule has 2 nitrogen and oxygen atoms in total. The zero-order valence-corrected chi connectivity index (χ0v) is 7.36. The second-order valence-electron chi connectivity index (χ2n) is 2.35. The van der Waals surface area contributed by atoms with Crippen LogP contribution in [0.2, 0.25) is 0 Å². The van der Waals surface area contributed by atoms with Crippen molar-refractivity contribution in [3.8, 4) is 0 Å². The summed E-state index contributed by atoms with van der Waals surface area (Å²) < 4.78 is 0. The Morgan fingerprint density at radius 2 is 2.36 bits per heavy atom. The number of rotatable bonds is 2. The van der Waals surface area contributed by atoms with Gasteiger partial charge in [-0.2, -0.15) is 0 Å². The first-order valence-electron chi connectivity index (χ1n) is 3.22. The summed E-state index contributed by atoms with van der Waals surface area (Å²) in [5, 5.41) is 11.6. The molecule has 1 heterocycles. The number of alkyl halides is 2. The summed E-state index contributed by atoms with van der Waals surface area (Å²) in [6.45, 7) is -0.142. The third kappa shape index (κ3) is 2.12. The van der Waals surface area contributed by atoms with Gasteiger partial charge in [0.25, 0.3) is 0 Å². The molecule has 1 atom stereocenters. The van der Waals surface area contributed by atoms with Gasteiger partial charge in [0.15, 0.2) is 5.00 Å². The van der Waals surface area contributed by atoms with Crippen molar-refractivity contribution in [2.24, 2.45) is 0 Å². The summed E-state index contributed by atoms with van der Waals surface area (Å²) in [6.07, 6.45) is 5.19. The predicted molar refractivity (Wildman–Crippen MR) is 46.7 cm³/mol. The highest BCUT2D eigenvalue weighted by Crippen LogP contribution is 2.18. The van der Waals surface area contributed by atoms with E-state index in [0.717, 1.165) is 5.57 Å². The SMILES string of the molecule is OCC1(Cl)C=CC(CCl)=CN1. The van der Waals surface area contributed by atoms with E-state index in [-0.39, 0.29) is 6.61 Å². The standard InChI is InChI=1S/C7H9Cl2NO/c8-3-6-1-2-7(9,5-11)10-4-6/h1-2,4,10-11H,3,5H2. The first-order chi connectivity index (χ1) is 5.20. The Morgan fingerprint density at radius 1 is 1.64 bits per heavy atom. The molecule has 11 heavy (non-hydrogen) atoms. The summed E-state index contributed by atoms with van der Waals surface area (Å²) in [7, 11) is 0. The van der Waals surface area contributed by atoms with Crippen LogP contribution in [0, 0.1) is 0 Å². The molecule has 0 aromatic rings. The van der Waals surface area contributed by atoms with Gasteiger partial charge >= 0.3 is 0 Å². The molecule has 0 saturated carbocycles. The van der Waals surface area contributed by atoms with E-state index in [1.54, 1.807) is 18.4 Å². The van der Waals surface area contributed by atoms with Crippen molar-refractivity contribution in [3.63, 3.8) is 0 Å². The number of allylic oxidation sites excluding steroid dienone is 2. The van der Waals surface area contributed by atoms with Crippen LogP contribution in [0.5, 0.6) is 0 Å². The summed E-state index contributed by atoms with van der Waals surface area (Å²) in [4.78, 5) is -0.838. The molecule has 0 amide bonds. The molecule has 0 radical (unpaired) electrons. The van der Waals surface area contributed by atoms with Crippen LogP contribution in [0.25, 0.3) is 0 Å². The summed E-state index contributed by atoms with van der Waals surface area (Å²) in [5.41, 5.74) is 0.955. The molecule has 0 saturated heterocycles. The van der Waals surface area contributed by atoms with Crippen LogP contribution in [-0.4, -0.2) is 22.6 Å². The molecule has 62 valence electrons. The largest absolute Gasteiger partial charge is 0.392 e. The third-order valence-corrected chi connectivity index (χ3v) is 2.11. The highest BCUT2D eigenvalue weighted by atomic mass is 35.5. The maximum atomic E-state index is 8.80. The van der Waals surface area contributed by atoms with Gasteiger partial charge in [0.05, 0.1) is 6.61 Å². The number of hydrogen-bond donors (Lipinski definition) is 2. The quantitative estimate of drug-likeness (QED) is 0.511. The summed E-state index contributed by atoms with van der Waals surface area (Å²) >= 11 is 11.4. The second-order valence-corrected chi connectivity index (χ2v) is 3.29. The minimum atomic E-state index is -0.838. The van der Waals surface area contributed by atoms with Gasteiger partial charge in [-0.1, -0.05) is 17.7 Å². The second kappa shape index (κ2) is 3.48. The van der Waals surface area contributed by atoms with Gasteiger partial charge in [-0.3, -0.25) is 0 Å². The molecule has 2 N–H and O–H groups in total. The van der Waals surface area contributed by atoms with Gasteiger partial charge in [-0.15, -0.1) is 11.6 Å². The Labute approximate surface area is 75.5 Å². The number of aliphatic hydroxyl groups is 1. The minimum absolute atomic E-state index is 0.142. The van der Waals surface area contributed by atoms with E-state index >= 15 is 0 Å². The molecular weight excluding hydrogens is 185 g/mol. The van der Waals surface area contributed by atoms with Gasteiger partial charge < -0.3 is 10.4 Å². The first kappa shape index (κ1) is 8.91. The van der Waals surface area contributed by atoms with E-state index < -0.39 is 5.00 Å². The Morgan fingerprint density at radius 3 is 2.73 bits per heavy atom. The third-order valence-electron chi connectivity index (χ3n) is 1.44. The normalized spacial score (nSPS) is 29.5. The molecule has 0 aromatic heterocycles.